The fourth-order valence-electron chi connectivity index (χ4n) is 0.845. The van der Waals surface area contributed by atoms with Crippen LogP contribution in [-0.2, 0) is 9.59 Å². The van der Waals surface area contributed by atoms with Gasteiger partial charge in [-0.05, 0) is 5.92 Å². The Balaban J connectivity index is 3.59. The van der Waals surface area contributed by atoms with Crippen molar-refractivity contribution < 1.29 is 9.59 Å². The molecule has 82 valence electrons. The largest absolute Gasteiger partial charge is 0.355 e. The summed E-state index contributed by atoms with van der Waals surface area (Å²) < 4.78 is 0. The molecule has 14 heavy (non-hydrogen) atoms. The van der Waals surface area contributed by atoms with E-state index in [0.29, 0.717) is 13.1 Å². The Labute approximate surface area is 84.4 Å². The summed E-state index contributed by atoms with van der Waals surface area (Å²) >= 11 is 0. The Morgan fingerprint density at radius 2 is 1.71 bits per heavy atom. The van der Waals surface area contributed by atoms with Crippen LogP contribution in [0.15, 0.2) is 0 Å². The molecule has 0 rings (SSSR count). The zero-order chi connectivity index (χ0) is 11.1. The van der Waals surface area contributed by atoms with E-state index in [1.54, 1.807) is 0 Å². The van der Waals surface area contributed by atoms with Crippen molar-refractivity contribution in [3.05, 3.63) is 0 Å². The number of nitrogens with two attached hydrogens (primary N) is 1. The van der Waals surface area contributed by atoms with E-state index in [1.165, 1.54) is 6.92 Å². The Kier molecular flexibility index (Phi) is 5.87. The number of carbonyl (C=O) groups is 2. The molecule has 0 aromatic rings. The van der Waals surface area contributed by atoms with Crippen molar-refractivity contribution in [1.82, 2.24) is 10.6 Å². The number of hydrogen-bond acceptors (Lipinski definition) is 3. The van der Waals surface area contributed by atoms with Crippen LogP contribution in [0.25, 0.3) is 0 Å². The van der Waals surface area contributed by atoms with Crippen LogP contribution in [0.5, 0.6) is 0 Å². The smallest absolute Gasteiger partial charge is 0.237 e. The van der Waals surface area contributed by atoms with E-state index in [0.717, 1.165) is 0 Å². The first-order valence-electron chi connectivity index (χ1n) is 4.73. The van der Waals surface area contributed by atoms with Crippen molar-refractivity contribution in [3.63, 3.8) is 0 Å². The SMILES string of the molecule is CC(=O)NCCNC(=O)C(N)C(C)C. The highest BCUT2D eigenvalue weighted by molar-refractivity contribution is 5.81. The molecular weight excluding hydrogens is 182 g/mol. The van der Waals surface area contributed by atoms with Crippen LogP contribution >= 0.6 is 0 Å². The van der Waals surface area contributed by atoms with Crippen LogP contribution in [-0.4, -0.2) is 30.9 Å². The lowest BCUT2D eigenvalue weighted by atomic mass is 10.1. The third-order valence-corrected chi connectivity index (χ3v) is 1.82. The first-order chi connectivity index (χ1) is 6.45. The van der Waals surface area contributed by atoms with Gasteiger partial charge in [-0.2, -0.15) is 0 Å². The standard InChI is InChI=1S/C9H19N3O2/c1-6(2)8(10)9(14)12-5-4-11-7(3)13/h6,8H,4-5,10H2,1-3H3,(H,11,13)(H,12,14). The van der Waals surface area contributed by atoms with E-state index in [1.807, 2.05) is 13.8 Å². The summed E-state index contributed by atoms with van der Waals surface area (Å²) in [6.07, 6.45) is 0. The topological polar surface area (TPSA) is 84.2 Å². The maximum absolute atomic E-state index is 11.3. The van der Waals surface area contributed by atoms with Crippen LogP contribution in [0, 0.1) is 5.92 Å². The summed E-state index contributed by atoms with van der Waals surface area (Å²) in [6.45, 7) is 6.06. The van der Waals surface area contributed by atoms with Crippen molar-refractivity contribution >= 4 is 11.8 Å². The molecule has 0 radical (unpaired) electrons. The zero-order valence-corrected chi connectivity index (χ0v) is 8.96. The van der Waals surface area contributed by atoms with Gasteiger partial charge in [0.2, 0.25) is 11.8 Å². The normalized spacial score (nSPS) is 12.4. The van der Waals surface area contributed by atoms with Gasteiger partial charge < -0.3 is 16.4 Å². The molecule has 0 fully saturated rings. The van der Waals surface area contributed by atoms with Gasteiger partial charge in [0.1, 0.15) is 0 Å². The molecule has 0 aliphatic carbocycles. The molecule has 5 nitrogen and oxygen atoms in total. The second-order valence-corrected chi connectivity index (χ2v) is 3.54. The molecule has 0 aromatic carbocycles. The van der Waals surface area contributed by atoms with E-state index in [4.69, 9.17) is 5.73 Å². The number of amides is 2. The molecule has 0 aliphatic heterocycles. The summed E-state index contributed by atoms with van der Waals surface area (Å²) in [6, 6.07) is -0.479. The van der Waals surface area contributed by atoms with Gasteiger partial charge >= 0.3 is 0 Å². The highest BCUT2D eigenvalue weighted by Crippen LogP contribution is 1.96. The van der Waals surface area contributed by atoms with Crippen LogP contribution < -0.4 is 16.4 Å². The molecule has 0 spiro atoms. The number of carbonyl (C=O) groups excluding carboxylic acids is 2. The van der Waals surface area contributed by atoms with Gasteiger partial charge in [0, 0.05) is 20.0 Å². The highest BCUT2D eigenvalue weighted by atomic mass is 16.2. The molecule has 1 unspecified atom stereocenters. The lowest BCUT2D eigenvalue weighted by Crippen LogP contribution is -2.45. The summed E-state index contributed by atoms with van der Waals surface area (Å²) in [5.74, 6) is -0.159. The first kappa shape index (κ1) is 12.9. The average molecular weight is 201 g/mol. The minimum atomic E-state index is -0.479. The van der Waals surface area contributed by atoms with Gasteiger partial charge in [0.25, 0.3) is 0 Å². The second-order valence-electron chi connectivity index (χ2n) is 3.54. The lowest BCUT2D eigenvalue weighted by Gasteiger charge is -2.15. The summed E-state index contributed by atoms with van der Waals surface area (Å²) in [7, 11) is 0. The van der Waals surface area contributed by atoms with Crippen molar-refractivity contribution in [3.8, 4) is 0 Å². The van der Waals surface area contributed by atoms with E-state index >= 15 is 0 Å². The van der Waals surface area contributed by atoms with Gasteiger partial charge in [-0.3, -0.25) is 9.59 Å². The van der Waals surface area contributed by atoms with Crippen molar-refractivity contribution in [2.45, 2.75) is 26.8 Å². The predicted molar refractivity (Wildman–Crippen MR) is 54.5 cm³/mol. The molecule has 0 saturated carbocycles. The Bertz CT molecular complexity index is 204. The van der Waals surface area contributed by atoms with Crippen LogP contribution in [0.4, 0.5) is 0 Å². The monoisotopic (exact) mass is 201 g/mol. The third-order valence-electron chi connectivity index (χ3n) is 1.82. The molecule has 1 atom stereocenters. The molecule has 0 bridgehead atoms. The molecule has 0 saturated heterocycles. The second kappa shape index (κ2) is 6.37. The molecular formula is C9H19N3O2. The quantitative estimate of drug-likeness (QED) is 0.510. The van der Waals surface area contributed by atoms with Gasteiger partial charge in [0.05, 0.1) is 6.04 Å². The van der Waals surface area contributed by atoms with Gasteiger partial charge in [-0.15, -0.1) is 0 Å². The molecule has 0 heterocycles. The molecule has 2 amide bonds. The van der Waals surface area contributed by atoms with E-state index < -0.39 is 6.04 Å². The minimum absolute atomic E-state index is 0.104. The maximum atomic E-state index is 11.3. The van der Waals surface area contributed by atoms with E-state index in [2.05, 4.69) is 10.6 Å². The Morgan fingerprint density at radius 3 is 2.14 bits per heavy atom. The molecule has 0 aromatic heterocycles. The zero-order valence-electron chi connectivity index (χ0n) is 8.96. The van der Waals surface area contributed by atoms with Crippen LogP contribution in [0.2, 0.25) is 0 Å². The summed E-state index contributed by atoms with van der Waals surface area (Å²) in [5, 5.41) is 5.22. The fourth-order valence-corrected chi connectivity index (χ4v) is 0.845. The summed E-state index contributed by atoms with van der Waals surface area (Å²) in [5.41, 5.74) is 5.60. The van der Waals surface area contributed by atoms with Crippen LogP contribution in [0.3, 0.4) is 0 Å². The van der Waals surface area contributed by atoms with Crippen molar-refractivity contribution in [2.24, 2.45) is 11.7 Å². The first-order valence-corrected chi connectivity index (χ1v) is 4.73. The maximum Gasteiger partial charge on any atom is 0.237 e. The number of hydrogen-bond donors (Lipinski definition) is 3. The van der Waals surface area contributed by atoms with E-state index in [-0.39, 0.29) is 17.7 Å². The summed E-state index contributed by atoms with van der Waals surface area (Å²) in [4.78, 5) is 21.8. The minimum Gasteiger partial charge on any atom is -0.355 e. The van der Waals surface area contributed by atoms with Gasteiger partial charge in [0.15, 0.2) is 0 Å². The Hall–Kier alpha value is -1.10. The van der Waals surface area contributed by atoms with Crippen LogP contribution in [0.1, 0.15) is 20.8 Å². The molecule has 0 aliphatic rings. The lowest BCUT2D eigenvalue weighted by molar-refractivity contribution is -0.123. The average Bonchev–Trinajstić information content (AvgIpc) is 2.10. The van der Waals surface area contributed by atoms with Crippen molar-refractivity contribution in [2.75, 3.05) is 13.1 Å². The van der Waals surface area contributed by atoms with Crippen molar-refractivity contribution in [1.29, 1.82) is 0 Å². The van der Waals surface area contributed by atoms with E-state index in [9.17, 15) is 9.59 Å². The fraction of sp³-hybridized carbons (Fsp3) is 0.778. The predicted octanol–water partition coefficient (Wildman–Crippen LogP) is -0.778. The Morgan fingerprint density at radius 1 is 1.21 bits per heavy atom. The highest BCUT2D eigenvalue weighted by Gasteiger charge is 2.15. The van der Waals surface area contributed by atoms with Gasteiger partial charge in [-0.1, -0.05) is 13.8 Å². The molecule has 4 N–H and O–H groups in total. The molecule has 5 heteroatoms. The number of rotatable bonds is 5. The van der Waals surface area contributed by atoms with Gasteiger partial charge in [-0.25, -0.2) is 0 Å². The number of nitrogens with one attached hydrogen (secondary N) is 2. The third kappa shape index (κ3) is 5.53.